The fourth-order valence-corrected chi connectivity index (χ4v) is 2.67. The van der Waals surface area contributed by atoms with Gasteiger partial charge in [-0.1, -0.05) is 12.1 Å². The second-order valence-corrected chi connectivity index (χ2v) is 5.29. The number of imidazole rings is 1. The van der Waals surface area contributed by atoms with E-state index in [2.05, 4.69) is 16.0 Å². The summed E-state index contributed by atoms with van der Waals surface area (Å²) in [5.74, 6) is 0.275. The van der Waals surface area contributed by atoms with E-state index in [1.54, 1.807) is 30.5 Å². The van der Waals surface area contributed by atoms with Crippen molar-refractivity contribution in [3.63, 3.8) is 0 Å². The Balaban J connectivity index is 1.99. The Morgan fingerprint density at radius 1 is 0.958 bits per heavy atom. The minimum atomic E-state index is -0.291. The van der Waals surface area contributed by atoms with Crippen molar-refractivity contribution < 1.29 is 4.39 Å². The van der Waals surface area contributed by atoms with E-state index in [1.165, 1.54) is 12.1 Å². The molecule has 0 fully saturated rings. The largest absolute Gasteiger partial charge is 0.283 e. The summed E-state index contributed by atoms with van der Waals surface area (Å²) in [6.45, 7) is 0. The topological polar surface area (TPSA) is 54.0 Å². The lowest BCUT2D eigenvalue weighted by atomic mass is 10.0. The molecule has 0 aliphatic rings. The van der Waals surface area contributed by atoms with Crippen LogP contribution in [0, 0.1) is 17.1 Å². The van der Waals surface area contributed by atoms with E-state index >= 15 is 0 Å². The number of hydrogen-bond donors (Lipinski definition) is 0. The van der Waals surface area contributed by atoms with Gasteiger partial charge in [0, 0.05) is 23.5 Å². The van der Waals surface area contributed by atoms with Crippen molar-refractivity contribution in [1.29, 1.82) is 5.26 Å². The van der Waals surface area contributed by atoms with Crippen LogP contribution < -0.4 is 0 Å². The normalized spacial score (nSPS) is 10.7. The first kappa shape index (κ1) is 14.1. The molecule has 0 unspecified atom stereocenters. The molecule has 4 rings (SSSR count). The van der Waals surface area contributed by atoms with Crippen LogP contribution in [0.25, 0.3) is 28.3 Å². The average Bonchev–Trinajstić information content (AvgIpc) is 3.02. The number of rotatable bonds is 2. The van der Waals surface area contributed by atoms with E-state index in [-0.39, 0.29) is 5.82 Å². The Bertz CT molecular complexity index is 1060. The number of nitriles is 1. The van der Waals surface area contributed by atoms with Gasteiger partial charge in [0.1, 0.15) is 5.82 Å². The van der Waals surface area contributed by atoms with Crippen molar-refractivity contribution in [3.8, 4) is 28.6 Å². The average molecular weight is 314 g/mol. The van der Waals surface area contributed by atoms with Crippen molar-refractivity contribution in [2.45, 2.75) is 0 Å². The van der Waals surface area contributed by atoms with Crippen molar-refractivity contribution >= 4 is 5.78 Å². The maximum atomic E-state index is 13.2. The number of halogens is 1. The third kappa shape index (κ3) is 2.31. The Hall–Kier alpha value is -3.52. The molecule has 0 radical (unpaired) electrons. The highest BCUT2D eigenvalue weighted by molar-refractivity contribution is 5.81. The number of benzene rings is 2. The summed E-state index contributed by atoms with van der Waals surface area (Å²) < 4.78 is 15.1. The molecule has 0 spiro atoms. The molecule has 2 aromatic heterocycles. The molecule has 0 amide bonds. The molecule has 0 aliphatic carbocycles. The zero-order valence-electron chi connectivity index (χ0n) is 12.5. The van der Waals surface area contributed by atoms with Crippen molar-refractivity contribution in [2.24, 2.45) is 0 Å². The van der Waals surface area contributed by atoms with Crippen LogP contribution >= 0.6 is 0 Å². The third-order valence-electron chi connectivity index (χ3n) is 3.81. The molecule has 0 saturated heterocycles. The number of fused-ring (bicyclic) bond motifs is 1. The molecule has 0 N–H and O–H groups in total. The highest BCUT2D eigenvalue weighted by Gasteiger charge is 2.16. The quantitative estimate of drug-likeness (QED) is 0.560. The minimum absolute atomic E-state index is 0.291. The SMILES string of the molecule is N#Cc1ccc(-c2c(-c3ccc(F)cc3)nc3ncccn23)cc1. The molecule has 114 valence electrons. The van der Waals surface area contributed by atoms with Crippen molar-refractivity contribution in [2.75, 3.05) is 0 Å². The van der Waals surface area contributed by atoms with E-state index in [1.807, 2.05) is 28.8 Å². The van der Waals surface area contributed by atoms with Gasteiger partial charge in [-0.2, -0.15) is 5.26 Å². The molecular weight excluding hydrogens is 303 g/mol. The van der Waals surface area contributed by atoms with E-state index in [4.69, 9.17) is 5.26 Å². The summed E-state index contributed by atoms with van der Waals surface area (Å²) in [4.78, 5) is 8.89. The van der Waals surface area contributed by atoms with Gasteiger partial charge in [0.15, 0.2) is 0 Å². The summed E-state index contributed by atoms with van der Waals surface area (Å²) in [7, 11) is 0. The van der Waals surface area contributed by atoms with Crippen molar-refractivity contribution in [1.82, 2.24) is 14.4 Å². The van der Waals surface area contributed by atoms with Gasteiger partial charge >= 0.3 is 0 Å². The molecule has 2 heterocycles. The molecule has 0 atom stereocenters. The monoisotopic (exact) mass is 314 g/mol. The van der Waals surface area contributed by atoms with Crippen LogP contribution in [0.5, 0.6) is 0 Å². The predicted molar refractivity (Wildman–Crippen MR) is 88.5 cm³/mol. The maximum Gasteiger partial charge on any atom is 0.234 e. The third-order valence-corrected chi connectivity index (χ3v) is 3.81. The molecule has 2 aromatic carbocycles. The van der Waals surface area contributed by atoms with E-state index < -0.39 is 0 Å². The van der Waals surface area contributed by atoms with Gasteiger partial charge in [-0.3, -0.25) is 4.40 Å². The maximum absolute atomic E-state index is 13.2. The molecule has 4 aromatic rings. The van der Waals surface area contributed by atoms with Crippen molar-refractivity contribution in [3.05, 3.63) is 78.4 Å². The fourth-order valence-electron chi connectivity index (χ4n) is 2.67. The van der Waals surface area contributed by atoms with E-state index in [0.717, 1.165) is 22.5 Å². The number of hydrogen-bond acceptors (Lipinski definition) is 3. The van der Waals surface area contributed by atoms with Gasteiger partial charge in [0.05, 0.1) is 23.0 Å². The number of aromatic nitrogens is 3. The van der Waals surface area contributed by atoms with Gasteiger partial charge in [-0.25, -0.2) is 14.4 Å². The summed E-state index contributed by atoms with van der Waals surface area (Å²) in [6, 6.07) is 17.4. The highest BCUT2D eigenvalue weighted by Crippen LogP contribution is 2.32. The van der Waals surface area contributed by atoms with E-state index in [9.17, 15) is 4.39 Å². The smallest absolute Gasteiger partial charge is 0.234 e. The Kier molecular flexibility index (Phi) is 3.29. The first-order chi connectivity index (χ1) is 11.8. The van der Waals surface area contributed by atoms with Crippen LogP contribution in [0.15, 0.2) is 67.0 Å². The molecule has 5 heteroatoms. The fraction of sp³-hybridized carbons (Fsp3) is 0. The van der Waals surface area contributed by atoms with Crippen LogP contribution in [-0.2, 0) is 0 Å². The predicted octanol–water partition coefficient (Wildman–Crippen LogP) is 4.07. The molecule has 0 bridgehead atoms. The molecule has 0 saturated carbocycles. The van der Waals surface area contributed by atoms with Gasteiger partial charge in [0.2, 0.25) is 5.78 Å². The summed E-state index contributed by atoms with van der Waals surface area (Å²) in [6.07, 6.45) is 3.56. The molecule has 4 nitrogen and oxygen atoms in total. The van der Waals surface area contributed by atoms with Gasteiger partial charge in [0.25, 0.3) is 0 Å². The van der Waals surface area contributed by atoms with Crippen LogP contribution in [0.2, 0.25) is 0 Å². The second kappa shape index (κ2) is 5.60. The summed E-state index contributed by atoms with van der Waals surface area (Å²) in [5.41, 5.74) is 3.89. The summed E-state index contributed by atoms with van der Waals surface area (Å²) in [5, 5.41) is 8.98. The standard InChI is InChI=1S/C19H11FN4/c20-16-8-6-14(7-9-16)17-18(15-4-2-13(12-21)3-5-15)24-11-1-10-22-19(24)23-17/h1-11H. The van der Waals surface area contributed by atoms with Crippen LogP contribution in [0.4, 0.5) is 4.39 Å². The molecular formula is C19H11FN4. The zero-order valence-corrected chi connectivity index (χ0v) is 12.5. The van der Waals surface area contributed by atoms with E-state index in [0.29, 0.717) is 11.3 Å². The van der Waals surface area contributed by atoms with Gasteiger partial charge in [-0.15, -0.1) is 0 Å². The van der Waals surface area contributed by atoms with Gasteiger partial charge < -0.3 is 0 Å². The number of nitrogens with zero attached hydrogens (tertiary/aromatic N) is 4. The van der Waals surface area contributed by atoms with Crippen LogP contribution in [0.1, 0.15) is 5.56 Å². The lowest BCUT2D eigenvalue weighted by molar-refractivity contribution is 0.628. The Labute approximate surface area is 137 Å². The minimum Gasteiger partial charge on any atom is -0.283 e. The molecule has 24 heavy (non-hydrogen) atoms. The van der Waals surface area contributed by atoms with Crippen LogP contribution in [-0.4, -0.2) is 14.4 Å². The van der Waals surface area contributed by atoms with Gasteiger partial charge in [-0.05, 0) is 42.5 Å². The highest BCUT2D eigenvalue weighted by atomic mass is 19.1. The zero-order chi connectivity index (χ0) is 16.5. The lowest BCUT2D eigenvalue weighted by Crippen LogP contribution is -1.91. The molecule has 0 aliphatic heterocycles. The Morgan fingerprint density at radius 3 is 2.38 bits per heavy atom. The van der Waals surface area contributed by atoms with Crippen LogP contribution in [0.3, 0.4) is 0 Å². The first-order valence-electron chi connectivity index (χ1n) is 7.36. The Morgan fingerprint density at radius 2 is 1.67 bits per heavy atom. The summed E-state index contributed by atoms with van der Waals surface area (Å²) >= 11 is 0. The lowest BCUT2D eigenvalue weighted by Gasteiger charge is -2.06. The first-order valence-corrected chi connectivity index (χ1v) is 7.36. The second-order valence-electron chi connectivity index (χ2n) is 5.29.